The van der Waals surface area contributed by atoms with Crippen LogP contribution in [0.3, 0.4) is 0 Å². The summed E-state index contributed by atoms with van der Waals surface area (Å²) in [6.07, 6.45) is 1.18. The summed E-state index contributed by atoms with van der Waals surface area (Å²) in [6, 6.07) is 10.0. The quantitative estimate of drug-likeness (QED) is 0.327. The van der Waals surface area contributed by atoms with Gasteiger partial charge in [0.2, 0.25) is 0 Å². The number of nitrogens with zero attached hydrogens (tertiary/aromatic N) is 2. The highest BCUT2D eigenvalue weighted by atomic mass is 32.1. The summed E-state index contributed by atoms with van der Waals surface area (Å²) in [7, 11) is 1.56. The third-order valence-electron chi connectivity index (χ3n) is 7.88. The first-order valence-electron chi connectivity index (χ1n) is 13.5. The molecular formula is C29H34F3N3O3S. The molecule has 6 nitrogen and oxygen atoms in total. The highest BCUT2D eigenvalue weighted by Crippen LogP contribution is 2.39. The van der Waals surface area contributed by atoms with Crippen LogP contribution in [-0.2, 0) is 12.7 Å². The fourth-order valence-corrected chi connectivity index (χ4v) is 6.78. The monoisotopic (exact) mass is 561 g/mol. The number of para-hydroxylation sites is 1. The highest BCUT2D eigenvalue weighted by Gasteiger charge is 2.39. The van der Waals surface area contributed by atoms with E-state index in [2.05, 4.69) is 15.2 Å². The molecule has 2 fully saturated rings. The topological polar surface area (TPSA) is 63.7 Å². The zero-order valence-corrected chi connectivity index (χ0v) is 23.2. The second-order valence-corrected chi connectivity index (χ2v) is 11.6. The van der Waals surface area contributed by atoms with Gasteiger partial charge >= 0.3 is 6.18 Å². The summed E-state index contributed by atoms with van der Waals surface area (Å²) in [5, 5.41) is 3.92. The summed E-state index contributed by atoms with van der Waals surface area (Å²) in [5.74, 6) is 0.994. The molecule has 0 spiro atoms. The summed E-state index contributed by atoms with van der Waals surface area (Å²) in [5.41, 5.74) is -0.126. The number of nitrogens with one attached hydrogen (secondary N) is 1. The maximum absolute atomic E-state index is 13.5. The fraction of sp³-hybridized carbons (Fsp3) is 0.517. The lowest BCUT2D eigenvalue weighted by molar-refractivity contribution is -0.136. The smallest absolute Gasteiger partial charge is 0.418 e. The molecule has 3 atom stereocenters. The minimum absolute atomic E-state index is 0.0262. The molecule has 10 heteroatoms. The van der Waals surface area contributed by atoms with Gasteiger partial charge in [0.25, 0.3) is 5.91 Å². The summed E-state index contributed by atoms with van der Waals surface area (Å²) >= 11 is 1.33. The Kier molecular flexibility index (Phi) is 8.05. The SMILES string of the molecule is CCC(C)Oc1ccc(C(=O)NC2CC3CCCC(C2)N3Cc2nc3c(C(F)(F)F)cccc3s2)cc1OC. The number of alkyl halides is 3. The van der Waals surface area contributed by atoms with Crippen LogP contribution < -0.4 is 14.8 Å². The molecule has 3 unspecified atom stereocenters. The molecule has 2 aliphatic heterocycles. The van der Waals surface area contributed by atoms with E-state index >= 15 is 0 Å². The van der Waals surface area contributed by atoms with Crippen LogP contribution in [0.5, 0.6) is 11.5 Å². The van der Waals surface area contributed by atoms with Crippen molar-refractivity contribution in [3.8, 4) is 11.5 Å². The van der Waals surface area contributed by atoms with Gasteiger partial charge in [0.05, 0.1) is 35.5 Å². The van der Waals surface area contributed by atoms with Crippen molar-refractivity contribution in [1.29, 1.82) is 0 Å². The van der Waals surface area contributed by atoms with Crippen molar-refractivity contribution in [1.82, 2.24) is 15.2 Å². The Balaban J connectivity index is 1.26. The van der Waals surface area contributed by atoms with Gasteiger partial charge in [0, 0.05) is 23.7 Å². The lowest BCUT2D eigenvalue weighted by Gasteiger charge is -2.48. The Labute approximate surface area is 230 Å². The molecule has 1 N–H and O–H groups in total. The van der Waals surface area contributed by atoms with Gasteiger partial charge in [0.15, 0.2) is 11.5 Å². The second kappa shape index (κ2) is 11.3. The minimum atomic E-state index is -4.43. The van der Waals surface area contributed by atoms with Crippen LogP contribution in [0.2, 0.25) is 0 Å². The van der Waals surface area contributed by atoms with E-state index in [1.807, 2.05) is 13.8 Å². The van der Waals surface area contributed by atoms with Gasteiger partial charge in [-0.3, -0.25) is 9.69 Å². The van der Waals surface area contributed by atoms with Crippen LogP contribution in [-0.4, -0.2) is 47.1 Å². The molecule has 3 aromatic rings. The number of hydrogen-bond acceptors (Lipinski definition) is 6. The highest BCUT2D eigenvalue weighted by molar-refractivity contribution is 7.18. The van der Waals surface area contributed by atoms with Crippen LogP contribution in [0, 0.1) is 0 Å². The average molecular weight is 562 g/mol. The maximum Gasteiger partial charge on any atom is 0.418 e. The molecule has 1 amide bonds. The number of carbonyl (C=O) groups is 1. The van der Waals surface area contributed by atoms with Crippen molar-refractivity contribution >= 4 is 27.5 Å². The maximum atomic E-state index is 13.5. The van der Waals surface area contributed by atoms with Gasteiger partial charge in [-0.05, 0) is 69.4 Å². The Morgan fingerprint density at radius 1 is 1.18 bits per heavy atom. The third kappa shape index (κ3) is 6.01. The van der Waals surface area contributed by atoms with E-state index in [4.69, 9.17) is 9.47 Å². The third-order valence-corrected chi connectivity index (χ3v) is 8.88. The van der Waals surface area contributed by atoms with Gasteiger partial charge in [-0.25, -0.2) is 4.98 Å². The molecule has 1 aromatic heterocycles. The van der Waals surface area contributed by atoms with Crippen molar-refractivity contribution in [2.75, 3.05) is 7.11 Å². The predicted molar refractivity (Wildman–Crippen MR) is 145 cm³/mol. The summed E-state index contributed by atoms with van der Waals surface area (Å²) < 4.78 is 52.4. The van der Waals surface area contributed by atoms with Gasteiger partial charge in [-0.1, -0.05) is 19.4 Å². The van der Waals surface area contributed by atoms with Crippen molar-refractivity contribution in [3.05, 3.63) is 52.5 Å². The van der Waals surface area contributed by atoms with Gasteiger partial charge in [-0.15, -0.1) is 11.3 Å². The van der Waals surface area contributed by atoms with Gasteiger partial charge in [0.1, 0.15) is 5.01 Å². The molecule has 2 aromatic carbocycles. The number of methoxy groups -OCH3 is 1. The number of fused-ring (bicyclic) bond motifs is 3. The van der Waals surface area contributed by atoms with Gasteiger partial charge < -0.3 is 14.8 Å². The number of piperidine rings is 2. The van der Waals surface area contributed by atoms with Crippen molar-refractivity contribution in [2.24, 2.45) is 0 Å². The first-order chi connectivity index (χ1) is 18.7. The Morgan fingerprint density at radius 3 is 2.59 bits per heavy atom. The zero-order chi connectivity index (χ0) is 27.7. The largest absolute Gasteiger partial charge is 0.493 e. The number of amides is 1. The first-order valence-corrected chi connectivity index (χ1v) is 14.3. The van der Waals surface area contributed by atoms with Gasteiger partial charge in [-0.2, -0.15) is 13.2 Å². The number of benzene rings is 2. The van der Waals surface area contributed by atoms with Crippen molar-refractivity contribution in [2.45, 2.75) is 89.3 Å². The molecule has 0 radical (unpaired) electrons. The minimum Gasteiger partial charge on any atom is -0.493 e. The van der Waals surface area contributed by atoms with Crippen molar-refractivity contribution < 1.29 is 27.4 Å². The fourth-order valence-electron chi connectivity index (χ4n) is 5.78. The number of aromatic nitrogens is 1. The van der Waals surface area contributed by atoms with Crippen LogP contribution in [0.1, 0.15) is 73.3 Å². The normalized spacial score (nSPS) is 22.5. The van der Waals surface area contributed by atoms with E-state index in [9.17, 15) is 18.0 Å². The number of thiazole rings is 1. The number of halogens is 3. The van der Waals surface area contributed by atoms with Crippen molar-refractivity contribution in [3.63, 3.8) is 0 Å². The first kappa shape index (κ1) is 27.7. The average Bonchev–Trinajstić information content (AvgIpc) is 3.31. The summed E-state index contributed by atoms with van der Waals surface area (Å²) in [4.78, 5) is 20.0. The molecule has 5 rings (SSSR count). The van der Waals surface area contributed by atoms with E-state index < -0.39 is 11.7 Å². The Hall–Kier alpha value is -2.85. The predicted octanol–water partition coefficient (Wildman–Crippen LogP) is 6.82. The molecule has 2 aliphatic rings. The molecular weight excluding hydrogens is 527 g/mol. The number of hydrogen-bond donors (Lipinski definition) is 1. The molecule has 0 aliphatic carbocycles. The molecule has 210 valence electrons. The number of rotatable bonds is 8. The number of ether oxygens (including phenoxy) is 2. The van der Waals surface area contributed by atoms with E-state index in [-0.39, 0.29) is 35.7 Å². The van der Waals surface area contributed by atoms with E-state index in [1.54, 1.807) is 31.4 Å². The van der Waals surface area contributed by atoms with E-state index in [0.717, 1.165) is 44.6 Å². The van der Waals surface area contributed by atoms with Crippen LogP contribution in [0.4, 0.5) is 13.2 Å². The second-order valence-electron chi connectivity index (χ2n) is 10.5. The van der Waals surface area contributed by atoms with E-state index in [0.29, 0.717) is 33.3 Å². The molecule has 0 saturated carbocycles. The van der Waals surface area contributed by atoms with Crippen LogP contribution >= 0.6 is 11.3 Å². The standard InChI is InChI=1S/C29H34F3N3O3S/c1-4-17(2)38-23-12-11-18(13-24(23)37-3)28(36)33-19-14-20-7-5-8-21(15-19)35(20)16-26-34-27-22(29(30,31)32)9-6-10-25(27)39-26/h6,9-13,17,19-21H,4-5,7-8,14-16H2,1-3H3,(H,33,36). The zero-order valence-electron chi connectivity index (χ0n) is 22.4. The van der Waals surface area contributed by atoms with E-state index in [1.165, 1.54) is 17.4 Å². The lowest BCUT2D eigenvalue weighted by atomic mass is 9.81. The molecule has 39 heavy (non-hydrogen) atoms. The number of carbonyl (C=O) groups excluding carboxylic acids is 1. The Bertz CT molecular complexity index is 1310. The molecule has 3 heterocycles. The molecule has 2 saturated heterocycles. The Morgan fingerprint density at radius 2 is 1.92 bits per heavy atom. The van der Waals surface area contributed by atoms with Crippen LogP contribution in [0.25, 0.3) is 10.2 Å². The molecule has 2 bridgehead atoms. The lowest BCUT2D eigenvalue weighted by Crippen LogP contribution is -2.56. The van der Waals surface area contributed by atoms with Crippen LogP contribution in [0.15, 0.2) is 36.4 Å². The summed E-state index contributed by atoms with van der Waals surface area (Å²) in [6.45, 7) is 4.56.